The van der Waals surface area contributed by atoms with E-state index in [1.54, 1.807) is 36.1 Å². The summed E-state index contributed by atoms with van der Waals surface area (Å²) in [5.74, 6) is -2.89. The van der Waals surface area contributed by atoms with Crippen molar-refractivity contribution >= 4 is 5.69 Å². The fourth-order valence-corrected chi connectivity index (χ4v) is 1.51. The minimum atomic E-state index is -2.89. The maximum absolute atomic E-state index is 13.8. The maximum atomic E-state index is 13.8. The highest BCUT2D eigenvalue weighted by atomic mass is 19.3. The van der Waals surface area contributed by atoms with Crippen molar-refractivity contribution < 1.29 is 8.78 Å². The van der Waals surface area contributed by atoms with Crippen LogP contribution in [0.1, 0.15) is 5.56 Å². The number of rotatable bonds is 4. The van der Waals surface area contributed by atoms with Gasteiger partial charge in [-0.05, 0) is 0 Å². The summed E-state index contributed by atoms with van der Waals surface area (Å²) < 4.78 is 29.1. The minimum absolute atomic E-state index is 0.0105. The molecule has 3 nitrogen and oxygen atoms in total. The van der Waals surface area contributed by atoms with Crippen molar-refractivity contribution in [2.24, 2.45) is 7.05 Å². The van der Waals surface area contributed by atoms with Crippen LogP contribution in [0.5, 0.6) is 0 Å². The topological polar surface area (TPSA) is 29.9 Å². The lowest BCUT2D eigenvalue weighted by Gasteiger charge is -2.17. The van der Waals surface area contributed by atoms with Crippen LogP contribution in [0, 0.1) is 0 Å². The van der Waals surface area contributed by atoms with Crippen LogP contribution >= 0.6 is 0 Å². The molecule has 2 rings (SSSR count). The first-order valence-corrected chi connectivity index (χ1v) is 5.24. The molecular weight excluding hydrogens is 224 g/mol. The van der Waals surface area contributed by atoms with Gasteiger partial charge >= 0.3 is 0 Å². The third-order valence-electron chi connectivity index (χ3n) is 2.42. The molecule has 0 radical (unpaired) electrons. The second kappa shape index (κ2) is 4.53. The Morgan fingerprint density at radius 1 is 1.29 bits per heavy atom. The van der Waals surface area contributed by atoms with E-state index in [2.05, 4.69) is 10.4 Å². The zero-order valence-electron chi connectivity index (χ0n) is 9.40. The number of aromatic nitrogens is 2. The van der Waals surface area contributed by atoms with Crippen LogP contribution in [0.2, 0.25) is 0 Å². The van der Waals surface area contributed by atoms with Crippen LogP contribution in [0.4, 0.5) is 14.5 Å². The summed E-state index contributed by atoms with van der Waals surface area (Å²) >= 11 is 0. The lowest BCUT2D eigenvalue weighted by Crippen LogP contribution is -2.24. The highest BCUT2D eigenvalue weighted by Gasteiger charge is 2.30. The monoisotopic (exact) mass is 237 g/mol. The van der Waals surface area contributed by atoms with E-state index in [1.807, 2.05) is 0 Å². The standard InChI is InChI=1S/C12H13F2N3/c1-17-8-11(7-16-17)15-9-12(13,14)10-5-3-2-4-6-10/h2-8,15H,9H2,1H3. The Labute approximate surface area is 98.1 Å². The molecule has 0 saturated heterocycles. The van der Waals surface area contributed by atoms with Crippen LogP contribution in [0.25, 0.3) is 0 Å². The molecule has 1 N–H and O–H groups in total. The normalized spacial score (nSPS) is 11.5. The fourth-order valence-electron chi connectivity index (χ4n) is 1.51. The quantitative estimate of drug-likeness (QED) is 0.885. The highest BCUT2D eigenvalue weighted by molar-refractivity contribution is 5.39. The Bertz CT molecular complexity index is 480. The van der Waals surface area contributed by atoms with Gasteiger partial charge in [0.25, 0.3) is 5.92 Å². The van der Waals surface area contributed by atoms with Crippen molar-refractivity contribution in [1.29, 1.82) is 0 Å². The summed E-state index contributed by atoms with van der Waals surface area (Å²) in [5, 5.41) is 6.57. The molecule has 0 aliphatic heterocycles. The Balaban J connectivity index is 2.03. The molecule has 0 aliphatic rings. The number of aryl methyl sites for hydroxylation is 1. The van der Waals surface area contributed by atoms with E-state index in [4.69, 9.17) is 0 Å². The second-order valence-corrected chi connectivity index (χ2v) is 3.83. The summed E-state index contributed by atoms with van der Waals surface area (Å²) in [7, 11) is 1.74. The molecule has 0 unspecified atom stereocenters. The lowest BCUT2D eigenvalue weighted by atomic mass is 10.1. The molecule has 0 atom stereocenters. The van der Waals surface area contributed by atoms with E-state index >= 15 is 0 Å². The lowest BCUT2D eigenvalue weighted by molar-refractivity contribution is 0.0106. The summed E-state index contributed by atoms with van der Waals surface area (Å²) in [6.07, 6.45) is 3.17. The van der Waals surface area contributed by atoms with Crippen molar-refractivity contribution in [2.45, 2.75) is 5.92 Å². The van der Waals surface area contributed by atoms with Gasteiger partial charge in [0.15, 0.2) is 0 Å². The predicted molar refractivity (Wildman–Crippen MR) is 62.0 cm³/mol. The SMILES string of the molecule is Cn1cc(NCC(F)(F)c2ccccc2)cn1. The van der Waals surface area contributed by atoms with E-state index in [0.717, 1.165) is 0 Å². The van der Waals surface area contributed by atoms with Crippen molar-refractivity contribution in [1.82, 2.24) is 9.78 Å². The zero-order valence-corrected chi connectivity index (χ0v) is 9.40. The average Bonchev–Trinajstić information content (AvgIpc) is 2.74. The zero-order chi connectivity index (χ0) is 12.3. The molecule has 1 aromatic carbocycles. The number of anilines is 1. The number of alkyl halides is 2. The third-order valence-corrected chi connectivity index (χ3v) is 2.42. The van der Waals surface area contributed by atoms with Crippen LogP contribution in [-0.2, 0) is 13.0 Å². The molecule has 90 valence electrons. The summed E-state index contributed by atoms with van der Waals surface area (Å²) in [4.78, 5) is 0. The van der Waals surface area contributed by atoms with Gasteiger partial charge in [-0.3, -0.25) is 4.68 Å². The van der Waals surface area contributed by atoms with Gasteiger partial charge in [-0.15, -0.1) is 0 Å². The Morgan fingerprint density at radius 2 is 2.00 bits per heavy atom. The minimum Gasteiger partial charge on any atom is -0.376 e. The van der Waals surface area contributed by atoms with Gasteiger partial charge in [-0.25, -0.2) is 0 Å². The fraction of sp³-hybridized carbons (Fsp3) is 0.250. The Hall–Kier alpha value is -1.91. The number of hydrogen-bond acceptors (Lipinski definition) is 2. The third kappa shape index (κ3) is 2.81. The predicted octanol–water partition coefficient (Wildman–Crippen LogP) is 2.62. The van der Waals surface area contributed by atoms with Gasteiger partial charge in [0, 0.05) is 18.8 Å². The molecule has 0 fully saturated rings. The highest BCUT2D eigenvalue weighted by Crippen LogP contribution is 2.27. The largest absolute Gasteiger partial charge is 0.376 e. The molecule has 0 saturated carbocycles. The van der Waals surface area contributed by atoms with Crippen molar-refractivity contribution in [3.63, 3.8) is 0 Å². The summed E-state index contributed by atoms with van der Waals surface area (Å²) in [6, 6.07) is 7.77. The van der Waals surface area contributed by atoms with Gasteiger partial charge in [-0.2, -0.15) is 13.9 Å². The average molecular weight is 237 g/mol. The molecular formula is C12H13F2N3. The van der Waals surface area contributed by atoms with Crippen molar-refractivity contribution in [3.8, 4) is 0 Å². The van der Waals surface area contributed by atoms with E-state index in [0.29, 0.717) is 5.69 Å². The Kier molecular flexibility index (Phi) is 3.08. The number of halogens is 2. The van der Waals surface area contributed by atoms with Gasteiger partial charge in [0.1, 0.15) is 0 Å². The second-order valence-electron chi connectivity index (χ2n) is 3.83. The maximum Gasteiger partial charge on any atom is 0.290 e. The molecule has 5 heteroatoms. The van der Waals surface area contributed by atoms with Crippen molar-refractivity contribution in [3.05, 3.63) is 48.3 Å². The molecule has 0 aliphatic carbocycles. The van der Waals surface area contributed by atoms with Gasteiger partial charge in [-0.1, -0.05) is 30.3 Å². The first-order valence-electron chi connectivity index (χ1n) is 5.24. The van der Waals surface area contributed by atoms with Crippen LogP contribution in [0.15, 0.2) is 42.7 Å². The van der Waals surface area contributed by atoms with Crippen LogP contribution in [0.3, 0.4) is 0 Å². The Morgan fingerprint density at radius 3 is 2.59 bits per heavy atom. The first kappa shape index (κ1) is 11.6. The van der Waals surface area contributed by atoms with Crippen LogP contribution < -0.4 is 5.32 Å². The van der Waals surface area contributed by atoms with Gasteiger partial charge in [0.05, 0.1) is 18.4 Å². The molecule has 1 aromatic heterocycles. The first-order chi connectivity index (χ1) is 8.08. The van der Waals surface area contributed by atoms with E-state index in [9.17, 15) is 8.78 Å². The number of nitrogens with zero attached hydrogens (tertiary/aromatic N) is 2. The van der Waals surface area contributed by atoms with Crippen molar-refractivity contribution in [2.75, 3.05) is 11.9 Å². The molecule has 0 amide bonds. The van der Waals surface area contributed by atoms with Gasteiger partial charge in [0.2, 0.25) is 0 Å². The summed E-state index contributed by atoms with van der Waals surface area (Å²) in [5.41, 5.74) is 0.597. The molecule has 0 spiro atoms. The number of hydrogen-bond donors (Lipinski definition) is 1. The molecule has 1 heterocycles. The van der Waals surface area contributed by atoms with E-state index < -0.39 is 12.5 Å². The van der Waals surface area contributed by atoms with E-state index in [1.165, 1.54) is 18.3 Å². The summed E-state index contributed by atoms with van der Waals surface area (Å²) in [6.45, 7) is -0.442. The molecule has 2 aromatic rings. The van der Waals surface area contributed by atoms with E-state index in [-0.39, 0.29) is 5.56 Å². The number of benzene rings is 1. The molecule has 0 bridgehead atoms. The van der Waals surface area contributed by atoms with Crippen LogP contribution in [-0.4, -0.2) is 16.3 Å². The molecule has 17 heavy (non-hydrogen) atoms. The smallest absolute Gasteiger partial charge is 0.290 e. The van der Waals surface area contributed by atoms with Gasteiger partial charge < -0.3 is 5.32 Å². The number of nitrogens with one attached hydrogen (secondary N) is 1.